The molecule has 2 aromatic heterocycles. The third kappa shape index (κ3) is 5.84. The number of benzene rings is 1. The molecule has 3 rings (SSSR count). The fourth-order valence-corrected chi connectivity index (χ4v) is 3.56. The first kappa shape index (κ1) is 23.7. The Balaban J connectivity index is 1.69. The van der Waals surface area contributed by atoms with Gasteiger partial charge < -0.3 is 4.74 Å². The summed E-state index contributed by atoms with van der Waals surface area (Å²) in [6.45, 7) is 1.41. The van der Waals surface area contributed by atoms with Gasteiger partial charge in [0, 0.05) is 18.8 Å². The molecule has 3 aromatic rings. The van der Waals surface area contributed by atoms with Crippen molar-refractivity contribution < 1.29 is 30.9 Å². The highest BCUT2D eigenvalue weighted by Gasteiger charge is 2.30. The summed E-state index contributed by atoms with van der Waals surface area (Å²) in [6, 6.07) is 8.33. The minimum atomic E-state index is -4.64. The molecule has 0 fully saturated rings. The normalized spacial score (nSPS) is 11.9. The van der Waals surface area contributed by atoms with Gasteiger partial charge in [-0.3, -0.25) is 4.55 Å². The van der Waals surface area contributed by atoms with Gasteiger partial charge in [0.2, 0.25) is 5.88 Å². The Hall–Kier alpha value is -2.96. The average Bonchev–Trinajstić information content (AvgIpc) is 2.71. The van der Waals surface area contributed by atoms with Crippen molar-refractivity contribution in [3.8, 4) is 11.6 Å². The quantitative estimate of drug-likeness (QED) is 0.488. The largest absolute Gasteiger partial charge is 0.439 e. The lowest BCUT2D eigenvalue weighted by atomic mass is 10.1. The number of aryl methyl sites for hydroxylation is 1. The zero-order chi connectivity index (χ0) is 23.5. The summed E-state index contributed by atoms with van der Waals surface area (Å²) in [5.41, 5.74) is 0.152. The van der Waals surface area contributed by atoms with Crippen LogP contribution >= 0.6 is 11.6 Å². The minimum absolute atomic E-state index is 0.00193. The van der Waals surface area contributed by atoms with Crippen molar-refractivity contribution in [2.24, 2.45) is 0 Å². The summed E-state index contributed by atoms with van der Waals surface area (Å²) < 4.78 is 77.1. The second-order valence-electron chi connectivity index (χ2n) is 6.53. The average molecular weight is 489 g/mol. The van der Waals surface area contributed by atoms with Crippen LogP contribution in [0.3, 0.4) is 0 Å². The van der Waals surface area contributed by atoms with Gasteiger partial charge in [0.05, 0.1) is 11.3 Å². The first-order valence-corrected chi connectivity index (χ1v) is 10.7. The molecule has 8 nitrogen and oxygen atoms in total. The molecule has 0 saturated heterocycles. The molecule has 1 N–H and O–H groups in total. The van der Waals surface area contributed by atoms with E-state index >= 15 is 0 Å². The van der Waals surface area contributed by atoms with Gasteiger partial charge >= 0.3 is 16.5 Å². The smallest absolute Gasteiger partial charge is 0.417 e. The fraction of sp³-hybridized carbons (Fsp3) is 0.211. The monoisotopic (exact) mass is 488 g/mol. The standard InChI is InChI=1S/C19H16ClF3N4O4S/c1-12-17(20)18(26-11-25-12)27(32(28,29)30)9-8-13-2-5-15(6-3-13)31-16-7-4-14(10-24-16)19(21,22)23/h2-7,10-11H,8-9H2,1H3,(H,28,29,30). The summed E-state index contributed by atoms with van der Waals surface area (Å²) in [7, 11) is -4.64. The summed E-state index contributed by atoms with van der Waals surface area (Å²) in [6.07, 6.45) is -2.49. The molecule has 0 amide bonds. The van der Waals surface area contributed by atoms with Crippen molar-refractivity contribution in [3.05, 3.63) is 70.8 Å². The van der Waals surface area contributed by atoms with Crippen LogP contribution in [0.1, 0.15) is 16.8 Å². The molecule has 0 aliphatic heterocycles. The SMILES string of the molecule is Cc1ncnc(N(CCc2ccc(Oc3ccc(C(F)(F)F)cn3)cc2)S(=O)(=O)O)c1Cl. The Morgan fingerprint density at radius 3 is 2.34 bits per heavy atom. The zero-order valence-corrected chi connectivity index (χ0v) is 18.0. The molecule has 1 aromatic carbocycles. The van der Waals surface area contributed by atoms with Crippen LogP contribution in [0, 0.1) is 6.92 Å². The molecule has 32 heavy (non-hydrogen) atoms. The van der Waals surface area contributed by atoms with Crippen LogP contribution < -0.4 is 9.04 Å². The number of halogens is 4. The molecule has 0 atom stereocenters. The van der Waals surface area contributed by atoms with Crippen molar-refractivity contribution in [3.63, 3.8) is 0 Å². The van der Waals surface area contributed by atoms with Crippen LogP contribution in [0.25, 0.3) is 0 Å². The highest BCUT2D eigenvalue weighted by Crippen LogP contribution is 2.30. The highest BCUT2D eigenvalue weighted by molar-refractivity contribution is 7.87. The van der Waals surface area contributed by atoms with Crippen molar-refractivity contribution >= 4 is 27.7 Å². The van der Waals surface area contributed by atoms with Gasteiger partial charge in [-0.2, -0.15) is 21.6 Å². The number of nitrogens with zero attached hydrogens (tertiary/aromatic N) is 4. The maximum atomic E-state index is 12.6. The summed E-state index contributed by atoms with van der Waals surface area (Å²) in [5.74, 6) is 0.161. The van der Waals surface area contributed by atoms with Gasteiger partial charge in [-0.05, 0) is 37.1 Å². The summed E-state index contributed by atoms with van der Waals surface area (Å²) >= 11 is 6.08. The van der Waals surface area contributed by atoms with Gasteiger partial charge in [0.1, 0.15) is 17.1 Å². The van der Waals surface area contributed by atoms with E-state index < -0.39 is 22.0 Å². The van der Waals surface area contributed by atoms with E-state index in [1.54, 1.807) is 31.2 Å². The van der Waals surface area contributed by atoms with Gasteiger partial charge in [-0.1, -0.05) is 23.7 Å². The number of hydrogen-bond acceptors (Lipinski definition) is 6. The highest BCUT2D eigenvalue weighted by atomic mass is 35.5. The predicted octanol–water partition coefficient (Wildman–Crippen LogP) is 4.50. The van der Waals surface area contributed by atoms with E-state index in [-0.39, 0.29) is 29.7 Å². The molecule has 170 valence electrons. The molecule has 0 aliphatic carbocycles. The van der Waals surface area contributed by atoms with Gasteiger partial charge in [0.25, 0.3) is 0 Å². The van der Waals surface area contributed by atoms with E-state index in [9.17, 15) is 26.1 Å². The third-order valence-electron chi connectivity index (χ3n) is 4.27. The van der Waals surface area contributed by atoms with Crippen molar-refractivity contribution in [1.82, 2.24) is 15.0 Å². The predicted molar refractivity (Wildman–Crippen MR) is 110 cm³/mol. The molecule has 0 bridgehead atoms. The topological polar surface area (TPSA) is 106 Å². The number of anilines is 1. The van der Waals surface area contributed by atoms with E-state index in [1.165, 1.54) is 0 Å². The first-order chi connectivity index (χ1) is 14.9. The molecule has 2 heterocycles. The van der Waals surface area contributed by atoms with Crippen molar-refractivity contribution in [2.45, 2.75) is 19.5 Å². The molecule has 0 saturated carbocycles. The Morgan fingerprint density at radius 2 is 1.78 bits per heavy atom. The van der Waals surface area contributed by atoms with Gasteiger partial charge in [0.15, 0.2) is 5.82 Å². The Bertz CT molecular complexity index is 1190. The lowest BCUT2D eigenvalue weighted by Gasteiger charge is -2.21. The van der Waals surface area contributed by atoms with E-state index in [1.807, 2.05) is 0 Å². The van der Waals surface area contributed by atoms with Crippen LogP contribution in [0.5, 0.6) is 11.6 Å². The van der Waals surface area contributed by atoms with Crippen LogP contribution in [0.15, 0.2) is 48.9 Å². The molecule has 0 aliphatic rings. The molecule has 0 spiro atoms. The second-order valence-corrected chi connectivity index (χ2v) is 8.24. The van der Waals surface area contributed by atoms with E-state index in [4.69, 9.17) is 16.3 Å². The van der Waals surface area contributed by atoms with Crippen LogP contribution in [0.2, 0.25) is 5.02 Å². The van der Waals surface area contributed by atoms with Gasteiger partial charge in [-0.15, -0.1) is 0 Å². The van der Waals surface area contributed by atoms with E-state index in [0.29, 0.717) is 27.5 Å². The second kappa shape index (κ2) is 9.27. The van der Waals surface area contributed by atoms with E-state index in [2.05, 4.69) is 15.0 Å². The molecule has 0 unspecified atom stereocenters. The maximum absolute atomic E-state index is 12.6. The lowest BCUT2D eigenvalue weighted by Crippen LogP contribution is -2.33. The van der Waals surface area contributed by atoms with Crippen LogP contribution in [0.4, 0.5) is 19.0 Å². The lowest BCUT2D eigenvalue weighted by molar-refractivity contribution is -0.137. The number of pyridine rings is 1. The van der Waals surface area contributed by atoms with Crippen LogP contribution in [-0.4, -0.2) is 34.5 Å². The zero-order valence-electron chi connectivity index (χ0n) is 16.4. The summed E-state index contributed by atoms with van der Waals surface area (Å²) in [5, 5.41) is -0.00193. The maximum Gasteiger partial charge on any atom is 0.417 e. The number of ether oxygens (including phenoxy) is 1. The van der Waals surface area contributed by atoms with E-state index in [0.717, 1.165) is 18.5 Å². The molecule has 0 radical (unpaired) electrons. The number of hydrogen-bond donors (Lipinski definition) is 1. The summed E-state index contributed by atoms with van der Waals surface area (Å²) in [4.78, 5) is 11.3. The number of alkyl halides is 3. The number of rotatable bonds is 7. The van der Waals surface area contributed by atoms with Gasteiger partial charge in [-0.25, -0.2) is 19.3 Å². The Labute approximate surface area is 186 Å². The first-order valence-electron chi connectivity index (χ1n) is 8.97. The third-order valence-corrected chi connectivity index (χ3v) is 5.63. The fourth-order valence-electron chi connectivity index (χ4n) is 2.63. The number of aromatic nitrogens is 3. The minimum Gasteiger partial charge on any atom is -0.439 e. The van der Waals surface area contributed by atoms with Crippen molar-refractivity contribution in [2.75, 3.05) is 10.8 Å². The molecular formula is C19H16ClF3N4O4S. The van der Waals surface area contributed by atoms with Crippen LogP contribution in [-0.2, 0) is 22.9 Å². The Morgan fingerprint density at radius 1 is 1.09 bits per heavy atom. The van der Waals surface area contributed by atoms with Crippen molar-refractivity contribution in [1.29, 1.82) is 0 Å². The molecular weight excluding hydrogens is 473 g/mol. The Kier molecular flexibility index (Phi) is 6.86. The molecule has 13 heteroatoms.